The third-order valence-corrected chi connectivity index (χ3v) is 8.32. The fourth-order valence-electron chi connectivity index (χ4n) is 6.90. The van der Waals surface area contributed by atoms with E-state index in [-0.39, 0.29) is 23.8 Å². The van der Waals surface area contributed by atoms with E-state index in [2.05, 4.69) is 115 Å². The summed E-state index contributed by atoms with van der Waals surface area (Å²) in [6.45, 7) is 5.78. The molecule has 5 aromatic rings. The number of aromatic nitrogens is 1. The van der Waals surface area contributed by atoms with Gasteiger partial charge in [-0.25, -0.2) is 9.36 Å². The molecule has 0 saturated heterocycles. The zero-order valence-corrected chi connectivity index (χ0v) is 23.6. The van der Waals surface area contributed by atoms with Crippen molar-refractivity contribution < 1.29 is 9.53 Å². The highest BCUT2D eigenvalue weighted by Gasteiger charge is 2.49. The van der Waals surface area contributed by atoms with Crippen LogP contribution in [0.2, 0.25) is 0 Å². The Morgan fingerprint density at radius 1 is 0.732 bits per heavy atom. The second-order valence-corrected chi connectivity index (χ2v) is 12.0. The quantitative estimate of drug-likeness (QED) is 0.230. The Morgan fingerprint density at radius 2 is 1.29 bits per heavy atom. The van der Waals surface area contributed by atoms with Crippen LogP contribution in [0.15, 0.2) is 133 Å². The van der Waals surface area contributed by atoms with E-state index in [0.29, 0.717) is 0 Å². The number of carbonyl (C=O) groups is 1. The Bertz CT molecular complexity index is 1760. The fourth-order valence-corrected chi connectivity index (χ4v) is 6.90. The Hall–Kier alpha value is -4.63. The standard InChI is InChI=1S/C38H33NO2/c1-38(2,3)41-37(40)39-31-22-14-13-21-28(31)35-33(27-19-11-6-12-20-27)34-29(23-24-30(34)36(35)39)32(25-15-7-4-8-16-25)26-17-9-5-10-18-26/h4-24,30,33-34H,1-3H3. The second kappa shape index (κ2) is 9.78. The summed E-state index contributed by atoms with van der Waals surface area (Å²) in [5, 5.41) is 1.12. The van der Waals surface area contributed by atoms with Crippen molar-refractivity contribution in [1.29, 1.82) is 0 Å². The van der Waals surface area contributed by atoms with E-state index in [1.54, 1.807) is 0 Å². The van der Waals surface area contributed by atoms with Gasteiger partial charge in [-0.3, -0.25) is 0 Å². The van der Waals surface area contributed by atoms with Crippen molar-refractivity contribution in [3.05, 3.63) is 161 Å². The summed E-state index contributed by atoms with van der Waals surface area (Å²) >= 11 is 0. The maximum absolute atomic E-state index is 13.9. The zero-order chi connectivity index (χ0) is 28.1. The molecule has 0 saturated carbocycles. The van der Waals surface area contributed by atoms with Crippen LogP contribution >= 0.6 is 0 Å². The number of fused-ring (bicyclic) bond motifs is 5. The highest BCUT2D eigenvalue weighted by atomic mass is 16.6. The Morgan fingerprint density at radius 3 is 1.90 bits per heavy atom. The molecule has 0 amide bonds. The number of hydrogen-bond donors (Lipinski definition) is 0. The third kappa shape index (κ3) is 4.24. The lowest BCUT2D eigenvalue weighted by atomic mass is 9.77. The number of nitrogens with zero attached hydrogens (tertiary/aromatic N) is 1. The van der Waals surface area contributed by atoms with Crippen LogP contribution in [-0.2, 0) is 4.74 Å². The van der Waals surface area contributed by atoms with Crippen molar-refractivity contribution in [3.8, 4) is 0 Å². The molecule has 0 bridgehead atoms. The van der Waals surface area contributed by atoms with Gasteiger partial charge in [-0.15, -0.1) is 0 Å². The smallest absolute Gasteiger partial charge is 0.419 e. The van der Waals surface area contributed by atoms with Gasteiger partial charge in [0.05, 0.1) is 5.52 Å². The van der Waals surface area contributed by atoms with Crippen molar-refractivity contribution in [1.82, 2.24) is 4.57 Å². The van der Waals surface area contributed by atoms with Crippen molar-refractivity contribution in [2.75, 3.05) is 0 Å². The summed E-state index contributed by atoms with van der Waals surface area (Å²) in [4.78, 5) is 13.9. The molecule has 3 heteroatoms. The summed E-state index contributed by atoms with van der Waals surface area (Å²) in [6.07, 6.45) is 4.30. The van der Waals surface area contributed by atoms with E-state index >= 15 is 0 Å². The molecule has 1 aromatic heterocycles. The van der Waals surface area contributed by atoms with Crippen molar-refractivity contribution in [3.63, 3.8) is 0 Å². The average Bonchev–Trinajstić information content (AvgIpc) is 3.63. The lowest BCUT2D eigenvalue weighted by molar-refractivity contribution is 0.0539. The van der Waals surface area contributed by atoms with E-state index < -0.39 is 5.60 Å². The van der Waals surface area contributed by atoms with E-state index in [9.17, 15) is 4.79 Å². The maximum atomic E-state index is 13.9. The molecule has 0 radical (unpaired) electrons. The van der Waals surface area contributed by atoms with Crippen LogP contribution < -0.4 is 0 Å². The van der Waals surface area contributed by atoms with Crippen LogP contribution in [0.3, 0.4) is 0 Å². The highest BCUT2D eigenvalue weighted by Crippen LogP contribution is 2.60. The van der Waals surface area contributed by atoms with Gasteiger partial charge in [0.1, 0.15) is 5.60 Å². The Labute approximate surface area is 241 Å². The van der Waals surface area contributed by atoms with E-state index in [1.165, 1.54) is 33.4 Å². The van der Waals surface area contributed by atoms with Gasteiger partial charge >= 0.3 is 6.09 Å². The third-order valence-electron chi connectivity index (χ3n) is 8.32. The minimum absolute atomic E-state index is 0.0348. The second-order valence-electron chi connectivity index (χ2n) is 12.0. The predicted octanol–water partition coefficient (Wildman–Crippen LogP) is 9.34. The molecule has 4 aromatic carbocycles. The number of benzene rings is 4. The van der Waals surface area contributed by atoms with Crippen LogP contribution in [-0.4, -0.2) is 16.3 Å². The molecule has 3 unspecified atom stereocenters. The monoisotopic (exact) mass is 535 g/mol. The molecule has 0 fully saturated rings. The number of hydrogen-bond acceptors (Lipinski definition) is 2. The number of rotatable bonds is 3. The van der Waals surface area contributed by atoms with Gasteiger partial charge in [0, 0.05) is 28.8 Å². The molecule has 1 heterocycles. The molecule has 41 heavy (non-hydrogen) atoms. The molecule has 3 atom stereocenters. The van der Waals surface area contributed by atoms with Crippen LogP contribution in [0.25, 0.3) is 16.5 Å². The number of carbonyl (C=O) groups excluding carboxylic acids is 1. The summed E-state index contributed by atoms with van der Waals surface area (Å²) in [6, 6.07) is 40.4. The van der Waals surface area contributed by atoms with Gasteiger partial charge in [-0.05, 0) is 60.2 Å². The summed E-state index contributed by atoms with van der Waals surface area (Å²) in [5.74, 6) is 0.251. The Balaban J connectivity index is 1.52. The molecular weight excluding hydrogens is 502 g/mol. The molecule has 0 spiro atoms. The van der Waals surface area contributed by atoms with E-state index in [0.717, 1.165) is 16.6 Å². The number of allylic oxidation sites excluding steroid dienone is 3. The first-order valence-electron chi connectivity index (χ1n) is 14.4. The first-order valence-corrected chi connectivity index (χ1v) is 14.4. The van der Waals surface area contributed by atoms with Gasteiger partial charge in [0.25, 0.3) is 0 Å². The molecule has 2 aliphatic carbocycles. The van der Waals surface area contributed by atoms with Crippen molar-refractivity contribution >= 4 is 22.6 Å². The van der Waals surface area contributed by atoms with Crippen molar-refractivity contribution in [2.45, 2.75) is 38.2 Å². The van der Waals surface area contributed by atoms with Gasteiger partial charge in [-0.1, -0.05) is 121 Å². The predicted molar refractivity (Wildman–Crippen MR) is 166 cm³/mol. The summed E-state index contributed by atoms with van der Waals surface area (Å²) in [5.41, 5.74) is 8.78. The lowest BCUT2D eigenvalue weighted by Gasteiger charge is -2.26. The van der Waals surface area contributed by atoms with Gasteiger partial charge in [0.15, 0.2) is 0 Å². The average molecular weight is 536 g/mol. The fraction of sp³-hybridized carbons (Fsp3) is 0.184. The first kappa shape index (κ1) is 25.3. The minimum atomic E-state index is -0.601. The van der Waals surface area contributed by atoms with Crippen LogP contribution in [0, 0.1) is 5.92 Å². The molecule has 2 aliphatic rings. The van der Waals surface area contributed by atoms with E-state index in [1.807, 2.05) is 37.5 Å². The zero-order valence-electron chi connectivity index (χ0n) is 23.6. The molecule has 0 aliphatic heterocycles. The van der Waals surface area contributed by atoms with Crippen molar-refractivity contribution in [2.24, 2.45) is 5.92 Å². The highest BCUT2D eigenvalue weighted by molar-refractivity contribution is 5.97. The minimum Gasteiger partial charge on any atom is -0.443 e. The maximum Gasteiger partial charge on any atom is 0.419 e. The van der Waals surface area contributed by atoms with Crippen LogP contribution in [0.4, 0.5) is 4.79 Å². The van der Waals surface area contributed by atoms with Gasteiger partial charge in [-0.2, -0.15) is 0 Å². The molecular formula is C38H33NO2. The first-order chi connectivity index (χ1) is 19.9. The largest absolute Gasteiger partial charge is 0.443 e. The summed E-state index contributed by atoms with van der Waals surface area (Å²) < 4.78 is 7.86. The van der Waals surface area contributed by atoms with Crippen LogP contribution in [0.1, 0.15) is 60.6 Å². The molecule has 202 valence electrons. The van der Waals surface area contributed by atoms with Gasteiger partial charge < -0.3 is 4.74 Å². The number of para-hydroxylation sites is 1. The molecule has 7 rings (SSSR count). The molecule has 3 nitrogen and oxygen atoms in total. The topological polar surface area (TPSA) is 31.2 Å². The van der Waals surface area contributed by atoms with Crippen LogP contribution in [0.5, 0.6) is 0 Å². The molecule has 0 N–H and O–H groups in total. The summed E-state index contributed by atoms with van der Waals surface area (Å²) in [7, 11) is 0. The number of ether oxygens (including phenoxy) is 1. The Kier molecular flexibility index (Phi) is 6.04. The van der Waals surface area contributed by atoms with Gasteiger partial charge in [0.2, 0.25) is 0 Å². The SMILES string of the molecule is CC(C)(C)OC(=O)n1c2c(c3ccccc31)C(c1ccccc1)C1C(=C(c3ccccc3)c3ccccc3)C=CC21. The normalized spacial score (nSPS) is 19.3. The lowest BCUT2D eigenvalue weighted by Crippen LogP contribution is -2.28. The van der Waals surface area contributed by atoms with E-state index in [4.69, 9.17) is 4.74 Å².